The number of hydrogen-bond donors (Lipinski definition) is 0. The maximum Gasteiger partial charge on any atom is 0.410 e. The van der Waals surface area contributed by atoms with Gasteiger partial charge in [0.15, 0.2) is 0 Å². The Balaban J connectivity index is 2.14. The average Bonchev–Trinajstić information content (AvgIpc) is 2.88. The van der Waals surface area contributed by atoms with Gasteiger partial charge >= 0.3 is 6.09 Å². The molecule has 2 rings (SSSR count). The summed E-state index contributed by atoms with van der Waals surface area (Å²) in [6.45, 7) is 6.99. The molecule has 118 valence electrons. The first-order valence-corrected chi connectivity index (χ1v) is 7.29. The molecular weight excluding hydrogens is 282 g/mol. The molecule has 0 saturated carbocycles. The zero-order valence-corrected chi connectivity index (χ0v) is 13.1. The second-order valence-corrected chi connectivity index (χ2v) is 6.45. The van der Waals surface area contributed by atoms with Crippen molar-refractivity contribution in [2.75, 3.05) is 19.6 Å². The molecule has 2 atom stereocenters. The third-order valence-corrected chi connectivity index (χ3v) is 3.61. The number of amides is 1. The third-order valence-electron chi connectivity index (χ3n) is 3.61. The largest absolute Gasteiger partial charge is 0.444 e. The van der Waals surface area contributed by atoms with Crippen molar-refractivity contribution in [3.8, 4) is 0 Å². The molecule has 1 aromatic heterocycles. The fourth-order valence-electron chi connectivity index (χ4n) is 2.66. The van der Waals surface area contributed by atoms with Crippen LogP contribution in [0.15, 0.2) is 29.6 Å². The van der Waals surface area contributed by atoms with Crippen LogP contribution in [-0.4, -0.2) is 41.2 Å². The molecule has 7 heteroatoms. The Morgan fingerprint density at radius 1 is 1.45 bits per heavy atom. The summed E-state index contributed by atoms with van der Waals surface area (Å²) in [6.07, 6.45) is 3.14. The van der Waals surface area contributed by atoms with Gasteiger partial charge < -0.3 is 9.64 Å². The van der Waals surface area contributed by atoms with Crippen LogP contribution in [0.1, 0.15) is 32.3 Å². The van der Waals surface area contributed by atoms with Crippen molar-refractivity contribution >= 4 is 6.09 Å². The quantitative estimate of drug-likeness (QED) is 0.487. The lowest BCUT2D eigenvalue weighted by molar-refractivity contribution is 0.0287. The topological polar surface area (TPSA) is 91.2 Å². The number of ether oxygens (including phenoxy) is 1. The van der Waals surface area contributed by atoms with Crippen LogP contribution in [0.5, 0.6) is 0 Å². The van der Waals surface area contributed by atoms with Crippen LogP contribution < -0.4 is 0 Å². The molecule has 1 saturated heterocycles. The summed E-state index contributed by atoms with van der Waals surface area (Å²) in [5.74, 6) is 0.215. The van der Waals surface area contributed by atoms with Crippen molar-refractivity contribution in [1.29, 1.82) is 0 Å². The van der Waals surface area contributed by atoms with Crippen molar-refractivity contribution in [3.05, 3.63) is 40.5 Å². The molecular formula is C15H21N5O2. The Labute approximate surface area is 129 Å². The van der Waals surface area contributed by atoms with E-state index in [0.717, 1.165) is 5.56 Å². The van der Waals surface area contributed by atoms with Gasteiger partial charge in [-0.05, 0) is 49.9 Å². The number of likely N-dealkylation sites (tertiary alicyclic amines) is 1. The summed E-state index contributed by atoms with van der Waals surface area (Å²) in [7, 11) is 0. The highest BCUT2D eigenvalue weighted by Crippen LogP contribution is 2.33. The van der Waals surface area contributed by atoms with Gasteiger partial charge in [-0.3, -0.25) is 4.98 Å². The number of carbonyl (C=O) groups is 1. The predicted molar refractivity (Wildman–Crippen MR) is 82.3 cm³/mol. The fourth-order valence-corrected chi connectivity index (χ4v) is 2.66. The molecule has 0 spiro atoms. The van der Waals surface area contributed by atoms with Gasteiger partial charge in [0.25, 0.3) is 0 Å². The zero-order valence-electron chi connectivity index (χ0n) is 13.1. The van der Waals surface area contributed by atoms with Gasteiger partial charge in [-0.25, -0.2) is 4.79 Å². The van der Waals surface area contributed by atoms with E-state index in [2.05, 4.69) is 15.0 Å². The second kappa shape index (κ2) is 6.66. The van der Waals surface area contributed by atoms with Crippen molar-refractivity contribution in [2.24, 2.45) is 11.0 Å². The number of rotatable bonds is 3. The smallest absolute Gasteiger partial charge is 0.410 e. The minimum Gasteiger partial charge on any atom is -0.444 e. The molecule has 1 amide bonds. The van der Waals surface area contributed by atoms with E-state index in [1.807, 2.05) is 32.9 Å². The number of pyridine rings is 1. The monoisotopic (exact) mass is 303 g/mol. The second-order valence-electron chi connectivity index (χ2n) is 6.45. The van der Waals surface area contributed by atoms with E-state index in [1.165, 1.54) is 0 Å². The van der Waals surface area contributed by atoms with Gasteiger partial charge in [-0.15, -0.1) is 0 Å². The van der Waals surface area contributed by atoms with Crippen LogP contribution in [0.25, 0.3) is 10.4 Å². The first kappa shape index (κ1) is 16.1. The van der Waals surface area contributed by atoms with Crippen LogP contribution >= 0.6 is 0 Å². The molecule has 1 aliphatic heterocycles. The molecule has 1 fully saturated rings. The van der Waals surface area contributed by atoms with Crippen molar-refractivity contribution in [3.63, 3.8) is 0 Å². The lowest BCUT2D eigenvalue weighted by Gasteiger charge is -2.24. The Bertz CT molecular complexity index is 563. The van der Waals surface area contributed by atoms with Crippen LogP contribution in [-0.2, 0) is 4.74 Å². The predicted octanol–water partition coefficient (Wildman–Crippen LogP) is 3.34. The van der Waals surface area contributed by atoms with E-state index in [4.69, 9.17) is 10.3 Å². The molecule has 2 unspecified atom stereocenters. The van der Waals surface area contributed by atoms with E-state index >= 15 is 0 Å². The van der Waals surface area contributed by atoms with Crippen molar-refractivity contribution < 1.29 is 9.53 Å². The van der Waals surface area contributed by atoms with Gasteiger partial charge in [-0.2, -0.15) is 0 Å². The van der Waals surface area contributed by atoms with Crippen LogP contribution in [0.2, 0.25) is 0 Å². The molecule has 0 bridgehead atoms. The Hall–Kier alpha value is -2.27. The molecule has 2 heterocycles. The van der Waals surface area contributed by atoms with Crippen LogP contribution in [0, 0.1) is 5.92 Å². The highest BCUT2D eigenvalue weighted by Gasteiger charge is 2.37. The zero-order chi connectivity index (χ0) is 16.2. The first-order valence-electron chi connectivity index (χ1n) is 7.29. The maximum absolute atomic E-state index is 12.2. The molecule has 0 radical (unpaired) electrons. The normalized spacial score (nSPS) is 21.3. The summed E-state index contributed by atoms with van der Waals surface area (Å²) < 4.78 is 5.43. The SMILES string of the molecule is CC(C)(C)OC(=O)N1CC(CN=[N+]=[N-])C(c2ccncc2)C1. The fraction of sp³-hybridized carbons (Fsp3) is 0.600. The van der Waals surface area contributed by atoms with Gasteiger partial charge in [-0.1, -0.05) is 5.11 Å². The van der Waals surface area contributed by atoms with Crippen LogP contribution in [0.3, 0.4) is 0 Å². The van der Waals surface area contributed by atoms with Crippen molar-refractivity contribution in [2.45, 2.75) is 32.3 Å². The summed E-state index contributed by atoms with van der Waals surface area (Å²) in [5, 5.41) is 3.68. The first-order chi connectivity index (χ1) is 10.4. The molecule has 7 nitrogen and oxygen atoms in total. The third kappa shape index (κ3) is 4.11. The summed E-state index contributed by atoms with van der Waals surface area (Å²) in [5.41, 5.74) is 9.13. The van der Waals surface area contributed by atoms with Gasteiger partial charge in [0.1, 0.15) is 5.60 Å². The van der Waals surface area contributed by atoms with Crippen LogP contribution in [0.4, 0.5) is 4.79 Å². The Morgan fingerprint density at radius 2 is 2.14 bits per heavy atom. The van der Waals surface area contributed by atoms with Gasteiger partial charge in [0, 0.05) is 42.9 Å². The number of carbonyl (C=O) groups excluding carboxylic acids is 1. The van der Waals surface area contributed by atoms with Crippen molar-refractivity contribution in [1.82, 2.24) is 9.88 Å². The summed E-state index contributed by atoms with van der Waals surface area (Å²) in [6, 6.07) is 3.87. The number of hydrogen-bond acceptors (Lipinski definition) is 4. The van der Waals surface area contributed by atoms with E-state index in [-0.39, 0.29) is 17.9 Å². The lowest BCUT2D eigenvalue weighted by Crippen LogP contribution is -2.35. The molecule has 1 aliphatic rings. The van der Waals surface area contributed by atoms with Gasteiger partial charge in [0.2, 0.25) is 0 Å². The molecule has 0 aromatic carbocycles. The molecule has 0 aliphatic carbocycles. The van der Waals surface area contributed by atoms with E-state index in [0.29, 0.717) is 19.6 Å². The standard InChI is InChI=1S/C15H21N5O2/c1-15(2,3)22-14(21)20-9-12(8-18-19-16)13(10-20)11-4-6-17-7-5-11/h4-7,12-13H,8-10H2,1-3H3. The molecule has 0 N–H and O–H groups in total. The summed E-state index contributed by atoms with van der Waals surface area (Å²) in [4.78, 5) is 20.8. The Kier molecular flexibility index (Phi) is 4.88. The van der Waals surface area contributed by atoms with E-state index in [9.17, 15) is 4.79 Å². The summed E-state index contributed by atoms with van der Waals surface area (Å²) >= 11 is 0. The minimum absolute atomic E-state index is 0.0887. The molecule has 1 aromatic rings. The number of aromatic nitrogens is 1. The number of nitrogens with zero attached hydrogens (tertiary/aromatic N) is 5. The minimum atomic E-state index is -0.522. The Morgan fingerprint density at radius 3 is 2.73 bits per heavy atom. The van der Waals surface area contributed by atoms with Gasteiger partial charge in [0.05, 0.1) is 0 Å². The average molecular weight is 303 g/mol. The highest BCUT2D eigenvalue weighted by molar-refractivity contribution is 5.68. The van der Waals surface area contributed by atoms with E-state index < -0.39 is 5.60 Å². The lowest BCUT2D eigenvalue weighted by atomic mass is 9.90. The number of azide groups is 1. The highest BCUT2D eigenvalue weighted by atomic mass is 16.6. The maximum atomic E-state index is 12.2. The molecule has 22 heavy (non-hydrogen) atoms. The van der Waals surface area contributed by atoms with E-state index in [1.54, 1.807) is 17.3 Å².